The normalized spacial score (nSPS) is 10.1. The first-order chi connectivity index (χ1) is 7.75. The van der Waals surface area contributed by atoms with E-state index in [0.29, 0.717) is 11.5 Å². The van der Waals surface area contributed by atoms with Gasteiger partial charge in [-0.3, -0.25) is 4.79 Å². The molecule has 0 aliphatic carbocycles. The van der Waals surface area contributed by atoms with Crippen LogP contribution < -0.4 is 0 Å². The Morgan fingerprint density at radius 2 is 2.38 bits per heavy atom. The number of ether oxygens (including phenoxy) is 1. The van der Waals surface area contributed by atoms with Gasteiger partial charge in [-0.15, -0.1) is 5.10 Å². The highest BCUT2D eigenvalue weighted by atomic mass is 16.5. The fourth-order valence-electron chi connectivity index (χ4n) is 1.14. The largest absolute Gasteiger partial charge is 0.459 e. The van der Waals surface area contributed by atoms with E-state index in [1.165, 1.54) is 11.6 Å². The lowest BCUT2D eigenvalue weighted by atomic mass is 10.4. The van der Waals surface area contributed by atoms with Crippen LogP contribution in [0.3, 0.4) is 0 Å². The van der Waals surface area contributed by atoms with Gasteiger partial charge in [-0.05, 0) is 12.1 Å². The fourth-order valence-corrected chi connectivity index (χ4v) is 1.14. The van der Waals surface area contributed by atoms with Crippen LogP contribution in [-0.2, 0) is 16.1 Å². The average molecular weight is 218 g/mol. The lowest BCUT2D eigenvalue weighted by molar-refractivity contribution is -0.142. The Morgan fingerprint density at radius 3 is 3.06 bits per heavy atom. The Morgan fingerprint density at radius 1 is 1.50 bits per heavy atom. The van der Waals surface area contributed by atoms with Crippen LogP contribution in [0.5, 0.6) is 0 Å². The maximum atomic E-state index is 10.6. The van der Waals surface area contributed by atoms with Gasteiger partial charge in [0.25, 0.3) is 0 Å². The molecule has 0 N–H and O–H groups in total. The molecule has 6 heteroatoms. The third-order valence-electron chi connectivity index (χ3n) is 1.85. The molecule has 0 aliphatic heterocycles. The zero-order valence-electron chi connectivity index (χ0n) is 8.70. The van der Waals surface area contributed by atoms with Gasteiger partial charge in [-0.2, -0.15) is 0 Å². The first-order valence-corrected chi connectivity index (χ1v) is 4.72. The second kappa shape index (κ2) is 4.52. The Labute approximate surface area is 91.9 Å². The van der Waals surface area contributed by atoms with Crippen LogP contribution in [0, 0.1) is 0 Å². The maximum absolute atomic E-state index is 10.6. The van der Waals surface area contributed by atoms with E-state index >= 15 is 0 Å². The number of pyridine rings is 1. The topological polar surface area (TPSA) is 69.9 Å². The minimum Gasteiger partial charge on any atom is -0.459 e. The molecule has 2 aromatic heterocycles. The molecule has 2 aromatic rings. The summed E-state index contributed by atoms with van der Waals surface area (Å²) in [6.45, 7) is 1.48. The summed E-state index contributed by atoms with van der Waals surface area (Å²) >= 11 is 0. The van der Waals surface area contributed by atoms with E-state index in [2.05, 4.69) is 15.3 Å². The lowest BCUT2D eigenvalue weighted by Crippen LogP contribution is -1.99. The number of carbonyl (C=O) groups excluding carboxylic acids is 1. The molecule has 0 bridgehead atoms. The van der Waals surface area contributed by atoms with E-state index in [1.54, 1.807) is 12.4 Å². The van der Waals surface area contributed by atoms with Gasteiger partial charge in [0.1, 0.15) is 12.3 Å². The maximum Gasteiger partial charge on any atom is 0.303 e. The molecule has 2 rings (SSSR count). The second-order valence-electron chi connectivity index (χ2n) is 3.12. The van der Waals surface area contributed by atoms with Gasteiger partial charge in [0.15, 0.2) is 5.82 Å². The summed E-state index contributed by atoms with van der Waals surface area (Å²) in [5.74, 6) is 0.330. The third kappa shape index (κ3) is 2.41. The molecule has 0 amide bonds. The SMILES string of the molecule is CC(=O)OCc1cn(-c2ccccn2)nn1. The average Bonchev–Trinajstić information content (AvgIpc) is 2.76. The third-order valence-corrected chi connectivity index (χ3v) is 1.85. The number of carbonyl (C=O) groups is 1. The van der Waals surface area contributed by atoms with Crippen molar-refractivity contribution in [3.8, 4) is 5.82 Å². The van der Waals surface area contributed by atoms with Gasteiger partial charge < -0.3 is 4.74 Å². The standard InChI is InChI=1S/C10H10N4O2/c1-8(15)16-7-9-6-14(13-12-9)10-4-2-3-5-11-10/h2-6H,7H2,1H3. The van der Waals surface area contributed by atoms with Gasteiger partial charge in [0.05, 0.1) is 6.20 Å². The summed E-state index contributed by atoms with van der Waals surface area (Å²) in [4.78, 5) is 14.7. The molecule has 0 saturated carbocycles. The zero-order chi connectivity index (χ0) is 11.4. The van der Waals surface area contributed by atoms with Gasteiger partial charge in [-0.25, -0.2) is 9.67 Å². The zero-order valence-corrected chi connectivity index (χ0v) is 8.70. The van der Waals surface area contributed by atoms with Crippen molar-refractivity contribution < 1.29 is 9.53 Å². The van der Waals surface area contributed by atoms with E-state index in [-0.39, 0.29) is 12.6 Å². The molecule has 82 valence electrons. The van der Waals surface area contributed by atoms with Crippen molar-refractivity contribution >= 4 is 5.97 Å². The molecule has 16 heavy (non-hydrogen) atoms. The summed E-state index contributed by atoms with van der Waals surface area (Å²) in [6, 6.07) is 5.49. The quantitative estimate of drug-likeness (QED) is 0.710. The van der Waals surface area contributed by atoms with E-state index in [0.717, 1.165) is 0 Å². The summed E-state index contributed by atoms with van der Waals surface area (Å²) < 4.78 is 6.33. The van der Waals surface area contributed by atoms with Crippen LogP contribution in [-0.4, -0.2) is 25.9 Å². The second-order valence-corrected chi connectivity index (χ2v) is 3.12. The van der Waals surface area contributed by atoms with Crippen LogP contribution in [0.25, 0.3) is 5.82 Å². The first kappa shape index (κ1) is 10.3. The predicted octanol–water partition coefficient (Wildman–Crippen LogP) is 0.725. The van der Waals surface area contributed by atoms with Crippen LogP contribution in [0.1, 0.15) is 12.6 Å². The van der Waals surface area contributed by atoms with Crippen LogP contribution in [0.4, 0.5) is 0 Å². The van der Waals surface area contributed by atoms with Crippen molar-refractivity contribution in [1.82, 2.24) is 20.0 Å². The molecule has 0 aromatic carbocycles. The van der Waals surface area contributed by atoms with E-state index in [4.69, 9.17) is 4.74 Å². The number of esters is 1. The molecule has 6 nitrogen and oxygen atoms in total. The van der Waals surface area contributed by atoms with Gasteiger partial charge in [-0.1, -0.05) is 11.3 Å². The minimum atomic E-state index is -0.340. The predicted molar refractivity (Wildman–Crippen MR) is 54.6 cm³/mol. The van der Waals surface area contributed by atoms with Crippen molar-refractivity contribution in [1.29, 1.82) is 0 Å². The van der Waals surface area contributed by atoms with Crippen molar-refractivity contribution in [2.75, 3.05) is 0 Å². The Hall–Kier alpha value is -2.24. The monoisotopic (exact) mass is 218 g/mol. The Kier molecular flexibility index (Phi) is 2.90. The molecular weight excluding hydrogens is 208 g/mol. The number of hydrogen-bond acceptors (Lipinski definition) is 5. The summed E-state index contributed by atoms with van der Waals surface area (Å²) in [6.07, 6.45) is 3.34. The van der Waals surface area contributed by atoms with Crippen LogP contribution in [0.2, 0.25) is 0 Å². The highest BCUT2D eigenvalue weighted by Gasteiger charge is 2.04. The number of aromatic nitrogens is 4. The molecule has 0 unspecified atom stereocenters. The van der Waals surface area contributed by atoms with Crippen molar-refractivity contribution in [3.63, 3.8) is 0 Å². The van der Waals surface area contributed by atoms with Crippen LogP contribution >= 0.6 is 0 Å². The highest BCUT2D eigenvalue weighted by Crippen LogP contribution is 2.03. The summed E-state index contributed by atoms with van der Waals surface area (Å²) in [7, 11) is 0. The number of nitrogens with zero attached hydrogens (tertiary/aromatic N) is 4. The highest BCUT2D eigenvalue weighted by molar-refractivity contribution is 5.65. The minimum absolute atomic E-state index is 0.127. The van der Waals surface area contributed by atoms with Crippen molar-refractivity contribution in [2.45, 2.75) is 13.5 Å². The molecule has 0 saturated heterocycles. The van der Waals surface area contributed by atoms with Crippen LogP contribution in [0.15, 0.2) is 30.6 Å². The van der Waals surface area contributed by atoms with Crippen molar-refractivity contribution in [3.05, 3.63) is 36.3 Å². The smallest absolute Gasteiger partial charge is 0.303 e. The molecule has 0 fully saturated rings. The molecule has 0 radical (unpaired) electrons. The molecular formula is C10H10N4O2. The van der Waals surface area contributed by atoms with Gasteiger partial charge in [0, 0.05) is 13.1 Å². The number of rotatable bonds is 3. The molecule has 0 atom stereocenters. The Bertz CT molecular complexity index is 481. The summed E-state index contributed by atoms with van der Waals surface area (Å²) in [5.41, 5.74) is 0.584. The molecule has 0 aliphatic rings. The Balaban J connectivity index is 2.11. The van der Waals surface area contributed by atoms with Crippen molar-refractivity contribution in [2.24, 2.45) is 0 Å². The summed E-state index contributed by atoms with van der Waals surface area (Å²) in [5, 5.41) is 7.74. The lowest BCUT2D eigenvalue weighted by Gasteiger charge is -1.97. The molecule has 2 heterocycles. The van der Waals surface area contributed by atoms with E-state index < -0.39 is 0 Å². The molecule has 0 spiro atoms. The fraction of sp³-hybridized carbons (Fsp3) is 0.200. The van der Waals surface area contributed by atoms with E-state index in [1.807, 2.05) is 18.2 Å². The van der Waals surface area contributed by atoms with Gasteiger partial charge in [0.2, 0.25) is 0 Å². The first-order valence-electron chi connectivity index (χ1n) is 4.72. The van der Waals surface area contributed by atoms with E-state index in [9.17, 15) is 4.79 Å². The van der Waals surface area contributed by atoms with Gasteiger partial charge >= 0.3 is 5.97 Å². The number of hydrogen-bond donors (Lipinski definition) is 0.